The van der Waals surface area contributed by atoms with Gasteiger partial charge in [-0.25, -0.2) is 13.8 Å². The minimum atomic E-state index is -0.669. The molecule has 0 aliphatic rings. The monoisotopic (exact) mass is 258 g/mol. The van der Waals surface area contributed by atoms with E-state index in [0.717, 1.165) is 5.69 Å². The predicted octanol–water partition coefficient (Wildman–Crippen LogP) is 2.83. The number of anilines is 1. The first-order chi connectivity index (χ1) is 9.08. The average molecular weight is 258 g/mol. The normalized spacial score (nSPS) is 9.68. The highest BCUT2D eigenvalue weighted by molar-refractivity contribution is 5.47. The largest absolute Gasteiger partial charge is 0.376 e. The van der Waals surface area contributed by atoms with Gasteiger partial charge in [0.05, 0.1) is 17.4 Å². The summed E-state index contributed by atoms with van der Waals surface area (Å²) in [6.07, 6.45) is 1.65. The molecule has 0 unspecified atom stereocenters. The van der Waals surface area contributed by atoms with Crippen molar-refractivity contribution < 1.29 is 8.78 Å². The maximum absolute atomic E-state index is 13.4. The van der Waals surface area contributed by atoms with Gasteiger partial charge in [0.25, 0.3) is 0 Å². The van der Waals surface area contributed by atoms with Crippen molar-refractivity contribution in [2.75, 3.05) is 19.0 Å². The fourth-order valence-electron chi connectivity index (χ4n) is 1.47. The zero-order valence-electron chi connectivity index (χ0n) is 10.6. The zero-order chi connectivity index (χ0) is 13.8. The van der Waals surface area contributed by atoms with E-state index in [1.165, 1.54) is 18.2 Å². The van der Waals surface area contributed by atoms with Gasteiger partial charge in [-0.15, -0.1) is 0 Å². The Morgan fingerprint density at radius 3 is 2.21 bits per heavy atom. The number of rotatable bonds is 1. The van der Waals surface area contributed by atoms with E-state index in [9.17, 15) is 8.78 Å². The molecule has 0 amide bonds. The molecule has 19 heavy (non-hydrogen) atoms. The Labute approximate surface area is 110 Å². The number of hydrogen-bond acceptors (Lipinski definition) is 2. The minimum absolute atomic E-state index is 0.235. The van der Waals surface area contributed by atoms with Crippen LogP contribution in [0.1, 0.15) is 11.3 Å². The van der Waals surface area contributed by atoms with Crippen molar-refractivity contribution >= 4 is 5.69 Å². The predicted molar refractivity (Wildman–Crippen MR) is 70.9 cm³/mol. The van der Waals surface area contributed by atoms with Gasteiger partial charge in [-0.1, -0.05) is 12.0 Å². The molecule has 0 N–H and O–H groups in total. The van der Waals surface area contributed by atoms with Crippen LogP contribution in [-0.2, 0) is 0 Å². The Hall–Kier alpha value is -2.41. The molecule has 2 aromatic rings. The summed E-state index contributed by atoms with van der Waals surface area (Å²) in [5, 5.41) is 0. The van der Waals surface area contributed by atoms with Crippen molar-refractivity contribution in [3.8, 4) is 11.8 Å². The van der Waals surface area contributed by atoms with E-state index in [2.05, 4.69) is 16.8 Å². The van der Waals surface area contributed by atoms with Crippen LogP contribution >= 0.6 is 0 Å². The number of halogens is 2. The van der Waals surface area contributed by atoms with Gasteiger partial charge < -0.3 is 4.90 Å². The lowest BCUT2D eigenvalue weighted by Crippen LogP contribution is -2.08. The van der Waals surface area contributed by atoms with Gasteiger partial charge in [0, 0.05) is 14.1 Å². The van der Waals surface area contributed by atoms with Crippen LogP contribution in [0.5, 0.6) is 0 Å². The minimum Gasteiger partial charge on any atom is -0.376 e. The average Bonchev–Trinajstić information content (AvgIpc) is 2.38. The quantitative estimate of drug-likeness (QED) is 0.731. The van der Waals surface area contributed by atoms with Crippen LogP contribution in [0.25, 0.3) is 0 Å². The van der Waals surface area contributed by atoms with E-state index in [0.29, 0.717) is 5.69 Å². The zero-order valence-corrected chi connectivity index (χ0v) is 10.6. The maximum Gasteiger partial charge on any atom is 0.141 e. The molecule has 0 saturated carbocycles. The van der Waals surface area contributed by atoms with Crippen molar-refractivity contribution in [2.24, 2.45) is 0 Å². The lowest BCUT2D eigenvalue weighted by atomic mass is 10.2. The Morgan fingerprint density at radius 1 is 1.00 bits per heavy atom. The second-order valence-corrected chi connectivity index (χ2v) is 4.14. The smallest absolute Gasteiger partial charge is 0.141 e. The van der Waals surface area contributed by atoms with Crippen LogP contribution in [0, 0.1) is 23.5 Å². The number of pyridine rings is 1. The summed E-state index contributed by atoms with van der Waals surface area (Å²) in [6, 6.07) is 7.21. The lowest BCUT2D eigenvalue weighted by molar-refractivity contribution is 0.577. The highest BCUT2D eigenvalue weighted by atomic mass is 19.1. The van der Waals surface area contributed by atoms with Crippen LogP contribution < -0.4 is 4.90 Å². The number of aromatic nitrogens is 1. The molecule has 4 heteroatoms. The second-order valence-electron chi connectivity index (χ2n) is 4.14. The SMILES string of the molecule is CN(C)c1ccc(C#Cc2c(F)cccc2F)nc1. The molecule has 2 rings (SSSR count). The van der Waals surface area contributed by atoms with Crippen LogP contribution in [0.4, 0.5) is 14.5 Å². The summed E-state index contributed by atoms with van der Waals surface area (Å²) in [5.41, 5.74) is 1.16. The van der Waals surface area contributed by atoms with Gasteiger partial charge in [-0.3, -0.25) is 0 Å². The first-order valence-corrected chi connectivity index (χ1v) is 5.67. The van der Waals surface area contributed by atoms with Crippen LogP contribution in [0.2, 0.25) is 0 Å². The molecule has 0 fully saturated rings. The summed E-state index contributed by atoms with van der Waals surface area (Å²) in [5.74, 6) is 3.78. The van der Waals surface area contributed by atoms with Gasteiger partial charge in [0.1, 0.15) is 17.3 Å². The highest BCUT2D eigenvalue weighted by Crippen LogP contribution is 2.11. The molecule has 96 valence electrons. The Kier molecular flexibility index (Phi) is 3.76. The molecular formula is C15H12F2N2. The molecule has 0 bridgehead atoms. The van der Waals surface area contributed by atoms with Crippen molar-refractivity contribution in [1.82, 2.24) is 4.98 Å². The van der Waals surface area contributed by atoms with Crippen molar-refractivity contribution in [3.63, 3.8) is 0 Å². The molecule has 0 aliphatic heterocycles. The molecule has 2 nitrogen and oxygen atoms in total. The van der Waals surface area contributed by atoms with Gasteiger partial charge in [-0.05, 0) is 30.2 Å². The van der Waals surface area contributed by atoms with Gasteiger partial charge in [-0.2, -0.15) is 0 Å². The summed E-state index contributed by atoms with van der Waals surface area (Å²) in [4.78, 5) is 6.02. The lowest BCUT2D eigenvalue weighted by Gasteiger charge is -2.10. The number of benzene rings is 1. The Morgan fingerprint density at radius 2 is 1.68 bits per heavy atom. The molecule has 0 spiro atoms. The standard InChI is InChI=1S/C15H12F2N2/c1-19(2)12-8-6-11(18-10-12)7-9-13-14(16)4-3-5-15(13)17/h3-6,8,10H,1-2H3. The molecule has 1 aromatic carbocycles. The van der Waals surface area contributed by atoms with Crippen molar-refractivity contribution in [2.45, 2.75) is 0 Å². The van der Waals surface area contributed by atoms with Crippen LogP contribution in [0.15, 0.2) is 36.5 Å². The third kappa shape index (κ3) is 3.08. The number of hydrogen-bond donors (Lipinski definition) is 0. The first-order valence-electron chi connectivity index (χ1n) is 5.67. The van der Waals surface area contributed by atoms with Crippen LogP contribution in [0.3, 0.4) is 0 Å². The number of nitrogens with zero attached hydrogens (tertiary/aromatic N) is 2. The van der Waals surface area contributed by atoms with Crippen LogP contribution in [-0.4, -0.2) is 19.1 Å². The van der Waals surface area contributed by atoms with Gasteiger partial charge in [0.2, 0.25) is 0 Å². The molecule has 0 saturated heterocycles. The van der Waals surface area contributed by atoms with Crippen molar-refractivity contribution in [3.05, 3.63) is 59.4 Å². The third-order valence-corrected chi connectivity index (χ3v) is 2.54. The highest BCUT2D eigenvalue weighted by Gasteiger charge is 2.04. The third-order valence-electron chi connectivity index (χ3n) is 2.54. The topological polar surface area (TPSA) is 16.1 Å². The molecule has 0 aliphatic carbocycles. The summed E-state index contributed by atoms with van der Waals surface area (Å²) in [6.45, 7) is 0. The summed E-state index contributed by atoms with van der Waals surface area (Å²) >= 11 is 0. The molecule has 0 radical (unpaired) electrons. The van der Waals surface area contributed by atoms with Gasteiger partial charge in [0.15, 0.2) is 0 Å². The molecule has 1 heterocycles. The van der Waals surface area contributed by atoms with Gasteiger partial charge >= 0.3 is 0 Å². The van der Waals surface area contributed by atoms with E-state index >= 15 is 0 Å². The molecule has 0 atom stereocenters. The van der Waals surface area contributed by atoms with E-state index < -0.39 is 11.6 Å². The second kappa shape index (κ2) is 5.49. The fraction of sp³-hybridized carbons (Fsp3) is 0.133. The van der Waals surface area contributed by atoms with E-state index in [1.54, 1.807) is 12.3 Å². The van der Waals surface area contributed by atoms with E-state index in [-0.39, 0.29) is 5.56 Å². The summed E-state index contributed by atoms with van der Waals surface area (Å²) in [7, 11) is 3.80. The maximum atomic E-state index is 13.4. The Balaban J connectivity index is 2.29. The molecule has 1 aromatic heterocycles. The summed E-state index contributed by atoms with van der Waals surface area (Å²) < 4.78 is 26.7. The Bertz CT molecular complexity index is 617. The van der Waals surface area contributed by atoms with Crippen molar-refractivity contribution in [1.29, 1.82) is 0 Å². The fourth-order valence-corrected chi connectivity index (χ4v) is 1.47. The van der Waals surface area contributed by atoms with E-state index in [4.69, 9.17) is 0 Å². The van der Waals surface area contributed by atoms with E-state index in [1.807, 2.05) is 25.1 Å². The first kappa shape index (κ1) is 13.0. The molecular weight excluding hydrogens is 246 g/mol.